The number of nitrogens with zero attached hydrogens (tertiary/aromatic N) is 3. The summed E-state index contributed by atoms with van der Waals surface area (Å²) < 4.78 is 48.3. The number of amides is 1. The Balaban J connectivity index is 1.80. The molecule has 0 aliphatic carbocycles. The van der Waals surface area contributed by atoms with E-state index >= 15 is 0 Å². The van der Waals surface area contributed by atoms with E-state index in [0.717, 1.165) is 89.0 Å². The van der Waals surface area contributed by atoms with Gasteiger partial charge in [-0.05, 0) is 78.1 Å². The molecule has 256 valence electrons. The Morgan fingerprint density at radius 3 is 2.24 bits per heavy atom. The summed E-state index contributed by atoms with van der Waals surface area (Å²) in [6.45, 7) is 15.3. The van der Waals surface area contributed by atoms with Gasteiger partial charge < -0.3 is 19.3 Å². The number of anilines is 2. The van der Waals surface area contributed by atoms with Gasteiger partial charge in [0.2, 0.25) is 0 Å². The molecule has 46 heavy (non-hydrogen) atoms. The van der Waals surface area contributed by atoms with Crippen LogP contribution in [-0.4, -0.2) is 93.9 Å². The summed E-state index contributed by atoms with van der Waals surface area (Å²) in [4.78, 5) is 20.1. The zero-order chi connectivity index (χ0) is 33.6. The zero-order valence-electron chi connectivity index (χ0n) is 28.8. The monoisotopic (exact) mass is 658 g/mol. The average Bonchev–Trinajstić information content (AvgIpc) is 2.97. The number of piperidine rings is 1. The van der Waals surface area contributed by atoms with Gasteiger partial charge in [0.25, 0.3) is 10.1 Å². The Morgan fingerprint density at radius 1 is 0.978 bits per heavy atom. The number of piperazine rings is 1. The minimum atomic E-state index is -4.60. The quantitative estimate of drug-likeness (QED) is 0.204. The summed E-state index contributed by atoms with van der Waals surface area (Å²) in [5, 5.41) is 2.82. The van der Waals surface area contributed by atoms with Crippen molar-refractivity contribution < 1.29 is 27.2 Å². The third-order valence-corrected chi connectivity index (χ3v) is 9.97. The molecule has 0 bridgehead atoms. The van der Waals surface area contributed by atoms with E-state index in [1.54, 1.807) is 33.9 Å². The summed E-state index contributed by atoms with van der Waals surface area (Å²) in [6.07, 6.45) is 5.77. The van der Waals surface area contributed by atoms with Crippen molar-refractivity contribution in [2.45, 2.75) is 96.1 Å². The van der Waals surface area contributed by atoms with E-state index in [4.69, 9.17) is 9.47 Å². The number of ether oxygens (including phenoxy) is 2. The first kappa shape index (κ1) is 36.0. The molecule has 2 aliphatic heterocycles. The number of carbonyl (C=O) groups is 1. The van der Waals surface area contributed by atoms with Crippen molar-refractivity contribution in [3.8, 4) is 16.9 Å². The first-order chi connectivity index (χ1) is 21.7. The van der Waals surface area contributed by atoms with Crippen LogP contribution in [0.25, 0.3) is 11.1 Å². The lowest BCUT2D eigenvalue weighted by atomic mass is 9.94. The topological polar surface area (TPSA) is 112 Å². The van der Waals surface area contributed by atoms with Crippen molar-refractivity contribution in [3.63, 3.8) is 0 Å². The molecule has 11 heteroatoms. The van der Waals surface area contributed by atoms with Crippen LogP contribution >= 0.6 is 0 Å². The fourth-order valence-corrected chi connectivity index (χ4v) is 7.61. The van der Waals surface area contributed by atoms with E-state index in [-0.39, 0.29) is 4.90 Å². The minimum absolute atomic E-state index is 0.0726. The molecule has 2 heterocycles. The van der Waals surface area contributed by atoms with Crippen LogP contribution in [0, 0.1) is 6.92 Å². The van der Waals surface area contributed by atoms with Gasteiger partial charge in [-0.1, -0.05) is 37.8 Å². The van der Waals surface area contributed by atoms with Gasteiger partial charge in [-0.2, -0.15) is 8.42 Å². The SMILES string of the molecule is CCCCCCc1cc(C)cc(-c2cc(NC(=O)OC(C)(C)C)c(OC)cc2N2CCC(N3CCN(C)CC3)CC2)c1S(=O)(=O)O. The molecule has 2 aliphatic rings. The van der Waals surface area contributed by atoms with Crippen LogP contribution in [-0.2, 0) is 21.3 Å². The van der Waals surface area contributed by atoms with Crippen LogP contribution in [0.5, 0.6) is 5.75 Å². The summed E-state index contributed by atoms with van der Waals surface area (Å²) in [7, 11) is -0.884. The van der Waals surface area contributed by atoms with Crippen LogP contribution in [0.1, 0.15) is 77.3 Å². The standard InChI is InChI=1S/C35H54N4O6S/c1-8-9-10-11-12-26-21-25(2)22-29(33(26)46(41,42)43)28-23-30(36-34(40)45-35(3,4)5)32(44-7)24-31(28)39-15-13-27(14-16-39)38-19-17-37(6)18-20-38/h21-24,27H,8-20H2,1-7H3,(H,36,40)(H,41,42,43). The number of nitrogens with one attached hydrogen (secondary N) is 1. The van der Waals surface area contributed by atoms with Gasteiger partial charge in [0.15, 0.2) is 0 Å². The molecule has 0 aromatic heterocycles. The molecule has 2 N–H and O–H groups in total. The lowest BCUT2D eigenvalue weighted by Crippen LogP contribution is -2.52. The predicted octanol–water partition coefficient (Wildman–Crippen LogP) is 6.60. The number of benzene rings is 2. The second kappa shape index (κ2) is 15.4. The van der Waals surface area contributed by atoms with Crippen molar-refractivity contribution in [3.05, 3.63) is 35.4 Å². The molecule has 2 aromatic rings. The smallest absolute Gasteiger partial charge is 0.412 e. The molecule has 2 aromatic carbocycles. The average molecular weight is 659 g/mol. The largest absolute Gasteiger partial charge is 0.494 e. The maximum atomic E-state index is 13.1. The molecule has 0 saturated carbocycles. The number of rotatable bonds is 11. The van der Waals surface area contributed by atoms with Gasteiger partial charge >= 0.3 is 6.09 Å². The van der Waals surface area contributed by atoms with E-state index in [9.17, 15) is 17.8 Å². The van der Waals surface area contributed by atoms with Crippen molar-refractivity contribution in [1.29, 1.82) is 0 Å². The van der Waals surface area contributed by atoms with Gasteiger partial charge in [-0.25, -0.2) is 4.79 Å². The zero-order valence-corrected chi connectivity index (χ0v) is 29.6. The van der Waals surface area contributed by atoms with Crippen LogP contribution in [0.4, 0.5) is 16.2 Å². The van der Waals surface area contributed by atoms with Crippen LogP contribution in [0.15, 0.2) is 29.2 Å². The molecule has 10 nitrogen and oxygen atoms in total. The number of hydrogen-bond donors (Lipinski definition) is 2. The van der Waals surface area contributed by atoms with Crippen LogP contribution < -0.4 is 15.0 Å². The van der Waals surface area contributed by atoms with Crippen molar-refractivity contribution in [2.75, 3.05) is 63.6 Å². The Bertz CT molecular complexity index is 1460. The third kappa shape index (κ3) is 9.36. The van der Waals surface area contributed by atoms with Gasteiger partial charge in [-0.3, -0.25) is 14.8 Å². The molecule has 0 unspecified atom stereocenters. The van der Waals surface area contributed by atoms with Crippen LogP contribution in [0.3, 0.4) is 0 Å². The van der Waals surface area contributed by atoms with Gasteiger partial charge in [0.05, 0.1) is 12.8 Å². The van der Waals surface area contributed by atoms with Gasteiger partial charge in [0.1, 0.15) is 16.2 Å². The molecule has 0 atom stereocenters. The number of methoxy groups -OCH3 is 1. The number of hydrogen-bond acceptors (Lipinski definition) is 8. The third-order valence-electron chi connectivity index (χ3n) is 8.97. The predicted molar refractivity (Wildman–Crippen MR) is 185 cm³/mol. The fraction of sp³-hybridized carbons (Fsp3) is 0.629. The normalized spacial score (nSPS) is 17.3. The first-order valence-electron chi connectivity index (χ1n) is 16.7. The molecule has 1 amide bonds. The molecule has 0 radical (unpaired) electrons. The summed E-state index contributed by atoms with van der Waals surface area (Å²) in [6, 6.07) is 7.80. The van der Waals surface area contributed by atoms with Gasteiger partial charge in [0, 0.05) is 68.2 Å². The highest BCUT2D eigenvalue weighted by Crippen LogP contribution is 2.44. The molecule has 2 fully saturated rings. The highest BCUT2D eigenvalue weighted by Gasteiger charge is 2.31. The highest BCUT2D eigenvalue weighted by atomic mass is 32.2. The van der Waals surface area contributed by atoms with Crippen molar-refractivity contribution in [2.24, 2.45) is 0 Å². The highest BCUT2D eigenvalue weighted by molar-refractivity contribution is 7.86. The van der Waals surface area contributed by atoms with E-state index in [0.29, 0.717) is 40.6 Å². The number of carbonyl (C=O) groups excluding carboxylic acids is 1. The van der Waals surface area contributed by atoms with E-state index in [1.165, 1.54) is 0 Å². The summed E-state index contributed by atoms with van der Waals surface area (Å²) >= 11 is 0. The van der Waals surface area contributed by atoms with E-state index in [2.05, 4.69) is 34.0 Å². The fourth-order valence-electron chi connectivity index (χ4n) is 6.67. The van der Waals surface area contributed by atoms with Crippen LogP contribution in [0.2, 0.25) is 0 Å². The van der Waals surface area contributed by atoms with E-state index < -0.39 is 21.8 Å². The van der Waals surface area contributed by atoms with Gasteiger partial charge in [-0.15, -0.1) is 0 Å². The second-order valence-corrected chi connectivity index (χ2v) is 15.2. The summed E-state index contributed by atoms with van der Waals surface area (Å²) in [5.41, 5.74) is 2.96. The molecular weight excluding hydrogens is 604 g/mol. The molecule has 0 spiro atoms. The Labute approximate surface area is 276 Å². The number of aryl methyl sites for hydroxylation is 2. The Morgan fingerprint density at radius 2 is 1.65 bits per heavy atom. The number of likely N-dealkylation sites (N-methyl/N-ethyl adjacent to an activating group) is 1. The maximum absolute atomic E-state index is 13.1. The molecule has 2 saturated heterocycles. The minimum Gasteiger partial charge on any atom is -0.494 e. The lowest BCUT2D eigenvalue weighted by Gasteiger charge is -2.43. The van der Waals surface area contributed by atoms with E-state index in [1.807, 2.05) is 25.1 Å². The first-order valence-corrected chi connectivity index (χ1v) is 18.1. The molecular formula is C35H54N4O6S. The Hall–Kier alpha value is -2.86. The lowest BCUT2D eigenvalue weighted by molar-refractivity contribution is 0.0635. The maximum Gasteiger partial charge on any atom is 0.412 e. The Kier molecular flexibility index (Phi) is 12.0. The summed E-state index contributed by atoms with van der Waals surface area (Å²) in [5.74, 6) is 0.437. The van der Waals surface area contributed by atoms with Crippen molar-refractivity contribution in [1.82, 2.24) is 9.80 Å². The molecule has 4 rings (SSSR count). The van der Waals surface area contributed by atoms with Crippen molar-refractivity contribution >= 4 is 27.6 Å². The number of unbranched alkanes of at least 4 members (excludes halogenated alkanes) is 3. The second-order valence-electron chi connectivity index (χ2n) is 13.8.